The maximum Gasteiger partial charge on any atom is 0.251 e. The molecule has 0 spiro atoms. The van der Waals surface area contributed by atoms with Crippen molar-refractivity contribution in [3.8, 4) is 0 Å². The number of carbonyl (C=O) groups excluding carboxylic acids is 1. The second-order valence-electron chi connectivity index (χ2n) is 2.77. The van der Waals surface area contributed by atoms with Crippen molar-refractivity contribution in [1.82, 2.24) is 5.32 Å². The zero-order chi connectivity index (χ0) is 8.55. The lowest BCUT2D eigenvalue weighted by atomic mass is 10.0. The van der Waals surface area contributed by atoms with Crippen molar-refractivity contribution >= 4 is 28.5 Å². The molecule has 2 rings (SSSR count). The highest BCUT2D eigenvalue weighted by atomic mass is 127. The fraction of sp³-hybridized carbons (Fsp3) is 0.222. The van der Waals surface area contributed by atoms with Crippen LogP contribution in [0.5, 0.6) is 0 Å². The third kappa shape index (κ3) is 1.22. The van der Waals surface area contributed by atoms with Gasteiger partial charge < -0.3 is 5.32 Å². The van der Waals surface area contributed by atoms with Crippen LogP contribution in [0.15, 0.2) is 18.2 Å². The molecule has 0 radical (unpaired) electrons. The Balaban J connectivity index is 2.59. The number of amides is 1. The van der Waals surface area contributed by atoms with Crippen LogP contribution in [0.2, 0.25) is 0 Å². The number of rotatable bonds is 0. The summed E-state index contributed by atoms with van der Waals surface area (Å²) in [5.74, 6) is 0.0646. The fourth-order valence-corrected chi connectivity index (χ4v) is 2.19. The summed E-state index contributed by atoms with van der Waals surface area (Å²) in [6, 6.07) is 5.84. The number of halogens is 1. The van der Waals surface area contributed by atoms with Gasteiger partial charge in [-0.1, -0.05) is 6.07 Å². The minimum Gasteiger partial charge on any atom is -0.352 e. The molecule has 1 aliphatic rings. The Kier molecular flexibility index (Phi) is 2.04. The molecule has 2 nitrogen and oxygen atoms in total. The summed E-state index contributed by atoms with van der Waals surface area (Å²) in [6.07, 6.45) is 0.959. The minimum absolute atomic E-state index is 0.0646. The maximum absolute atomic E-state index is 11.3. The molecule has 1 amide bonds. The Morgan fingerprint density at radius 1 is 1.42 bits per heavy atom. The largest absolute Gasteiger partial charge is 0.352 e. The molecule has 1 N–H and O–H groups in total. The quantitative estimate of drug-likeness (QED) is 0.714. The maximum atomic E-state index is 11.3. The van der Waals surface area contributed by atoms with Gasteiger partial charge in [-0.25, -0.2) is 0 Å². The van der Waals surface area contributed by atoms with Crippen LogP contribution in [0.3, 0.4) is 0 Å². The van der Waals surface area contributed by atoms with Crippen LogP contribution in [0.25, 0.3) is 0 Å². The summed E-state index contributed by atoms with van der Waals surface area (Å²) in [7, 11) is 0. The Hall–Kier alpha value is -0.580. The van der Waals surface area contributed by atoms with Gasteiger partial charge in [0.15, 0.2) is 0 Å². The molecular weight excluding hydrogens is 265 g/mol. The molecule has 0 fully saturated rings. The van der Waals surface area contributed by atoms with Gasteiger partial charge in [0.25, 0.3) is 5.91 Å². The zero-order valence-corrected chi connectivity index (χ0v) is 8.59. The van der Waals surface area contributed by atoms with Crippen LogP contribution < -0.4 is 5.32 Å². The monoisotopic (exact) mass is 273 g/mol. The number of fused-ring (bicyclic) bond motifs is 1. The fourth-order valence-electron chi connectivity index (χ4n) is 1.42. The molecule has 0 saturated heterocycles. The second-order valence-corrected chi connectivity index (χ2v) is 3.93. The molecule has 0 aliphatic carbocycles. The van der Waals surface area contributed by atoms with Crippen LogP contribution in [-0.4, -0.2) is 12.5 Å². The van der Waals surface area contributed by atoms with E-state index in [1.807, 2.05) is 18.2 Å². The number of hydrogen-bond acceptors (Lipinski definition) is 1. The minimum atomic E-state index is 0.0646. The standard InChI is InChI=1S/C9H8INO/c10-8-3-1-2-7-6(8)4-5-11-9(7)12/h1-3H,4-5H2,(H,11,12). The smallest absolute Gasteiger partial charge is 0.251 e. The van der Waals surface area contributed by atoms with E-state index < -0.39 is 0 Å². The van der Waals surface area contributed by atoms with Crippen LogP contribution in [-0.2, 0) is 6.42 Å². The number of benzene rings is 1. The van der Waals surface area contributed by atoms with Crippen molar-refractivity contribution in [2.75, 3.05) is 6.54 Å². The summed E-state index contributed by atoms with van der Waals surface area (Å²) in [4.78, 5) is 11.3. The van der Waals surface area contributed by atoms with E-state index in [0.29, 0.717) is 0 Å². The average Bonchev–Trinajstić information content (AvgIpc) is 2.07. The van der Waals surface area contributed by atoms with Crippen molar-refractivity contribution in [3.05, 3.63) is 32.9 Å². The summed E-state index contributed by atoms with van der Waals surface area (Å²) < 4.78 is 1.19. The van der Waals surface area contributed by atoms with E-state index in [-0.39, 0.29) is 5.91 Å². The summed E-state index contributed by atoms with van der Waals surface area (Å²) in [5, 5.41) is 2.82. The lowest BCUT2D eigenvalue weighted by Crippen LogP contribution is -2.32. The first-order valence-electron chi connectivity index (χ1n) is 3.84. The molecule has 3 heteroatoms. The Morgan fingerprint density at radius 2 is 2.25 bits per heavy atom. The third-order valence-electron chi connectivity index (χ3n) is 2.02. The van der Waals surface area contributed by atoms with Gasteiger partial charge in [-0.2, -0.15) is 0 Å². The van der Waals surface area contributed by atoms with Crippen LogP contribution >= 0.6 is 22.6 Å². The molecule has 1 heterocycles. The zero-order valence-electron chi connectivity index (χ0n) is 6.43. The molecule has 0 bridgehead atoms. The average molecular weight is 273 g/mol. The van der Waals surface area contributed by atoms with E-state index in [0.717, 1.165) is 18.5 Å². The molecule has 0 saturated carbocycles. The van der Waals surface area contributed by atoms with Gasteiger partial charge in [-0.15, -0.1) is 0 Å². The SMILES string of the molecule is O=C1NCCc2c(I)cccc21. The van der Waals surface area contributed by atoms with Crippen molar-refractivity contribution in [1.29, 1.82) is 0 Å². The van der Waals surface area contributed by atoms with Crippen molar-refractivity contribution < 1.29 is 4.79 Å². The highest BCUT2D eigenvalue weighted by Crippen LogP contribution is 2.19. The Morgan fingerprint density at radius 3 is 3.00 bits per heavy atom. The van der Waals surface area contributed by atoms with Crippen molar-refractivity contribution in [2.24, 2.45) is 0 Å². The van der Waals surface area contributed by atoms with Crippen LogP contribution in [0.1, 0.15) is 15.9 Å². The molecule has 0 atom stereocenters. The van der Waals surface area contributed by atoms with Gasteiger partial charge in [-0.3, -0.25) is 4.79 Å². The molecule has 1 aliphatic heterocycles. The summed E-state index contributed by atoms with van der Waals surface area (Å²) in [6.45, 7) is 0.770. The van der Waals surface area contributed by atoms with Crippen LogP contribution in [0.4, 0.5) is 0 Å². The van der Waals surface area contributed by atoms with Crippen molar-refractivity contribution in [2.45, 2.75) is 6.42 Å². The van der Waals surface area contributed by atoms with E-state index in [1.54, 1.807) is 0 Å². The van der Waals surface area contributed by atoms with Crippen molar-refractivity contribution in [3.63, 3.8) is 0 Å². The molecule has 0 aromatic heterocycles. The van der Waals surface area contributed by atoms with Gasteiger partial charge in [0.1, 0.15) is 0 Å². The number of hydrogen-bond donors (Lipinski definition) is 1. The van der Waals surface area contributed by atoms with Gasteiger partial charge >= 0.3 is 0 Å². The lowest BCUT2D eigenvalue weighted by molar-refractivity contribution is 0.0946. The Bertz CT molecular complexity index is 335. The highest BCUT2D eigenvalue weighted by molar-refractivity contribution is 14.1. The summed E-state index contributed by atoms with van der Waals surface area (Å²) in [5.41, 5.74) is 2.04. The van der Waals surface area contributed by atoms with Crippen LogP contribution in [0, 0.1) is 3.57 Å². The second kappa shape index (κ2) is 3.05. The summed E-state index contributed by atoms with van der Waals surface area (Å²) >= 11 is 2.27. The predicted molar refractivity (Wildman–Crippen MR) is 55.2 cm³/mol. The van der Waals surface area contributed by atoms with E-state index in [9.17, 15) is 4.79 Å². The first kappa shape index (κ1) is 8.04. The molecule has 0 unspecified atom stereocenters. The predicted octanol–water partition coefficient (Wildman–Crippen LogP) is 1.58. The molecule has 1 aromatic rings. The molecular formula is C9H8INO. The van der Waals surface area contributed by atoms with E-state index in [2.05, 4.69) is 27.9 Å². The first-order chi connectivity index (χ1) is 5.79. The topological polar surface area (TPSA) is 29.1 Å². The molecule has 62 valence electrons. The van der Waals surface area contributed by atoms with E-state index in [1.165, 1.54) is 9.13 Å². The van der Waals surface area contributed by atoms with E-state index >= 15 is 0 Å². The molecule has 1 aromatic carbocycles. The first-order valence-corrected chi connectivity index (χ1v) is 4.92. The van der Waals surface area contributed by atoms with Gasteiger partial charge in [-0.05, 0) is 46.7 Å². The number of nitrogens with one attached hydrogen (secondary N) is 1. The third-order valence-corrected chi connectivity index (χ3v) is 3.03. The number of carbonyl (C=O) groups is 1. The highest BCUT2D eigenvalue weighted by Gasteiger charge is 2.17. The molecule has 12 heavy (non-hydrogen) atoms. The van der Waals surface area contributed by atoms with Gasteiger partial charge in [0, 0.05) is 15.7 Å². The normalized spacial score (nSPS) is 15.2. The lowest BCUT2D eigenvalue weighted by Gasteiger charge is -2.16. The van der Waals surface area contributed by atoms with Gasteiger partial charge in [0.05, 0.1) is 0 Å². The Labute approximate surface area is 84.5 Å². The van der Waals surface area contributed by atoms with Gasteiger partial charge in [0.2, 0.25) is 0 Å². The van der Waals surface area contributed by atoms with E-state index in [4.69, 9.17) is 0 Å².